The molecule has 0 bridgehead atoms. The van der Waals surface area contributed by atoms with Gasteiger partial charge >= 0.3 is 0 Å². The Bertz CT molecular complexity index is 607. The van der Waals surface area contributed by atoms with Crippen molar-refractivity contribution in [3.8, 4) is 17.0 Å². The highest BCUT2D eigenvalue weighted by atomic mass is 16.3. The standard InChI is InChI=1S/C12H13N3O2.CH3NO/c1-14-12-9(11(13)17)6-10(15-12)7-3-2-4-8(16)5-7;2-1-3/h2-6,14-16H,1H3,(H2,13,17);1H,(H2,2,3). The maximum absolute atomic E-state index is 11.2. The monoisotopic (exact) mass is 276 g/mol. The van der Waals surface area contributed by atoms with Gasteiger partial charge in [0.05, 0.1) is 5.56 Å². The molecule has 1 aromatic heterocycles. The fourth-order valence-electron chi connectivity index (χ4n) is 1.68. The number of rotatable bonds is 3. The van der Waals surface area contributed by atoms with Gasteiger partial charge in [-0.25, -0.2) is 0 Å². The minimum Gasteiger partial charge on any atom is -0.508 e. The maximum atomic E-state index is 11.2. The lowest BCUT2D eigenvalue weighted by molar-refractivity contribution is -0.106. The van der Waals surface area contributed by atoms with Gasteiger partial charge in [-0.1, -0.05) is 12.1 Å². The molecular weight excluding hydrogens is 260 g/mol. The highest BCUT2D eigenvalue weighted by molar-refractivity contribution is 5.99. The van der Waals surface area contributed by atoms with Crippen molar-refractivity contribution in [1.29, 1.82) is 0 Å². The first-order valence-electron chi connectivity index (χ1n) is 5.68. The van der Waals surface area contributed by atoms with Crippen molar-refractivity contribution in [2.24, 2.45) is 11.5 Å². The van der Waals surface area contributed by atoms with Crippen LogP contribution in [-0.2, 0) is 4.79 Å². The lowest BCUT2D eigenvalue weighted by atomic mass is 10.1. The minimum absolute atomic E-state index is 0.170. The first-order valence-corrected chi connectivity index (χ1v) is 5.68. The number of H-pyrrole nitrogens is 1. The van der Waals surface area contributed by atoms with E-state index < -0.39 is 5.91 Å². The van der Waals surface area contributed by atoms with Crippen molar-refractivity contribution in [2.75, 3.05) is 12.4 Å². The summed E-state index contributed by atoms with van der Waals surface area (Å²) in [6, 6.07) is 8.41. The molecule has 2 aromatic rings. The van der Waals surface area contributed by atoms with E-state index in [0.717, 1.165) is 11.3 Å². The highest BCUT2D eigenvalue weighted by Gasteiger charge is 2.12. The summed E-state index contributed by atoms with van der Waals surface area (Å²) in [6.45, 7) is 0. The Morgan fingerprint density at radius 2 is 2.05 bits per heavy atom. The summed E-state index contributed by atoms with van der Waals surface area (Å²) in [7, 11) is 1.70. The number of carbonyl (C=O) groups excluding carboxylic acids is 2. The van der Waals surface area contributed by atoms with Crippen LogP contribution in [0.5, 0.6) is 5.75 Å². The maximum Gasteiger partial charge on any atom is 0.252 e. The van der Waals surface area contributed by atoms with Crippen LogP contribution in [0.25, 0.3) is 11.3 Å². The average molecular weight is 276 g/mol. The van der Waals surface area contributed by atoms with Crippen molar-refractivity contribution >= 4 is 18.1 Å². The van der Waals surface area contributed by atoms with Crippen molar-refractivity contribution < 1.29 is 14.7 Å². The van der Waals surface area contributed by atoms with E-state index in [2.05, 4.69) is 16.0 Å². The van der Waals surface area contributed by atoms with Crippen LogP contribution >= 0.6 is 0 Å². The van der Waals surface area contributed by atoms with Crippen molar-refractivity contribution in [1.82, 2.24) is 4.98 Å². The van der Waals surface area contributed by atoms with Crippen LogP contribution < -0.4 is 16.8 Å². The number of aromatic amines is 1. The van der Waals surface area contributed by atoms with E-state index in [4.69, 9.17) is 10.5 Å². The highest BCUT2D eigenvalue weighted by Crippen LogP contribution is 2.26. The molecule has 20 heavy (non-hydrogen) atoms. The lowest BCUT2D eigenvalue weighted by Crippen LogP contribution is -2.11. The molecule has 7 nitrogen and oxygen atoms in total. The van der Waals surface area contributed by atoms with Crippen LogP contribution in [0.2, 0.25) is 0 Å². The zero-order valence-electron chi connectivity index (χ0n) is 10.9. The molecule has 0 atom stereocenters. The van der Waals surface area contributed by atoms with Gasteiger partial charge in [0.15, 0.2) is 0 Å². The van der Waals surface area contributed by atoms with Crippen LogP contribution in [0.1, 0.15) is 10.4 Å². The van der Waals surface area contributed by atoms with Crippen LogP contribution in [0.15, 0.2) is 30.3 Å². The van der Waals surface area contributed by atoms with Gasteiger partial charge in [-0.2, -0.15) is 0 Å². The number of aromatic hydroxyl groups is 1. The zero-order chi connectivity index (χ0) is 15.1. The molecular formula is C13H16N4O3. The van der Waals surface area contributed by atoms with Crippen LogP contribution in [0, 0.1) is 0 Å². The summed E-state index contributed by atoms with van der Waals surface area (Å²) in [5, 5.41) is 12.3. The topological polar surface area (TPSA) is 134 Å². The molecule has 0 aliphatic carbocycles. The lowest BCUT2D eigenvalue weighted by Gasteiger charge is -1.99. The number of hydrogen-bond donors (Lipinski definition) is 5. The van der Waals surface area contributed by atoms with Gasteiger partial charge in [0.1, 0.15) is 11.6 Å². The molecule has 7 heteroatoms. The van der Waals surface area contributed by atoms with Crippen molar-refractivity contribution in [3.05, 3.63) is 35.9 Å². The van der Waals surface area contributed by atoms with E-state index in [1.165, 1.54) is 0 Å². The second-order valence-corrected chi connectivity index (χ2v) is 3.77. The van der Waals surface area contributed by atoms with Gasteiger partial charge in [0.2, 0.25) is 6.41 Å². The first kappa shape index (κ1) is 15.1. The van der Waals surface area contributed by atoms with Gasteiger partial charge < -0.3 is 26.9 Å². The fourth-order valence-corrected chi connectivity index (χ4v) is 1.68. The van der Waals surface area contributed by atoms with Crippen LogP contribution in [-0.4, -0.2) is 29.5 Å². The molecule has 0 aliphatic rings. The van der Waals surface area contributed by atoms with E-state index in [-0.39, 0.29) is 12.2 Å². The summed E-state index contributed by atoms with van der Waals surface area (Å²) in [6.07, 6.45) is 0.250. The molecule has 0 spiro atoms. The normalized spacial score (nSPS) is 9.25. The number of benzene rings is 1. The van der Waals surface area contributed by atoms with Gasteiger partial charge in [-0.15, -0.1) is 0 Å². The number of aromatic nitrogens is 1. The van der Waals surface area contributed by atoms with E-state index >= 15 is 0 Å². The summed E-state index contributed by atoms with van der Waals surface area (Å²) in [4.78, 5) is 22.8. The second kappa shape index (κ2) is 6.83. The zero-order valence-corrected chi connectivity index (χ0v) is 10.9. The van der Waals surface area contributed by atoms with Crippen molar-refractivity contribution in [3.63, 3.8) is 0 Å². The van der Waals surface area contributed by atoms with Gasteiger partial charge in [-0.3, -0.25) is 9.59 Å². The molecule has 106 valence electrons. The third-order valence-electron chi connectivity index (χ3n) is 2.49. The van der Waals surface area contributed by atoms with E-state index in [0.29, 0.717) is 11.4 Å². The number of nitrogens with two attached hydrogens (primary N) is 2. The van der Waals surface area contributed by atoms with Gasteiger partial charge in [-0.05, 0) is 18.2 Å². The molecule has 0 saturated carbocycles. The quantitative estimate of drug-likeness (QED) is 0.525. The Labute approximate surface area is 115 Å². The number of anilines is 1. The number of primary amides is 2. The molecule has 1 heterocycles. The summed E-state index contributed by atoms with van der Waals surface area (Å²) >= 11 is 0. The first-order chi connectivity index (χ1) is 9.53. The Kier molecular flexibility index (Phi) is 5.16. The van der Waals surface area contributed by atoms with Gasteiger partial charge in [0.25, 0.3) is 5.91 Å². The number of carbonyl (C=O) groups is 2. The molecule has 0 unspecified atom stereocenters. The number of phenolic OH excluding ortho intramolecular Hbond substituents is 1. The minimum atomic E-state index is -0.503. The summed E-state index contributed by atoms with van der Waals surface area (Å²) < 4.78 is 0. The van der Waals surface area contributed by atoms with Crippen LogP contribution in [0.3, 0.4) is 0 Å². The molecule has 0 saturated heterocycles. The molecule has 2 rings (SSSR count). The largest absolute Gasteiger partial charge is 0.508 e. The number of phenols is 1. The average Bonchev–Trinajstić information content (AvgIpc) is 2.84. The molecule has 0 fully saturated rings. The van der Waals surface area contributed by atoms with Crippen molar-refractivity contribution in [2.45, 2.75) is 0 Å². The van der Waals surface area contributed by atoms with E-state index in [9.17, 15) is 9.90 Å². The van der Waals surface area contributed by atoms with E-state index in [1.54, 1.807) is 31.3 Å². The SMILES string of the molecule is CNc1[nH]c(-c2cccc(O)c2)cc1C(N)=O.NC=O. The Morgan fingerprint density at radius 1 is 1.40 bits per heavy atom. The summed E-state index contributed by atoms with van der Waals surface area (Å²) in [5.41, 5.74) is 11.3. The molecule has 7 N–H and O–H groups in total. The Morgan fingerprint density at radius 3 is 2.50 bits per heavy atom. The van der Waals surface area contributed by atoms with Crippen LogP contribution in [0.4, 0.5) is 5.82 Å². The van der Waals surface area contributed by atoms with Gasteiger partial charge in [0, 0.05) is 18.3 Å². The predicted octanol–water partition coefficient (Wildman–Crippen LogP) is 0.629. The number of nitrogens with one attached hydrogen (secondary N) is 2. The fraction of sp³-hybridized carbons (Fsp3) is 0.0769. The summed E-state index contributed by atoms with van der Waals surface area (Å²) in [5.74, 6) is 0.233. The molecule has 1 aromatic carbocycles. The molecule has 0 radical (unpaired) electrons. The second-order valence-electron chi connectivity index (χ2n) is 3.77. The predicted molar refractivity (Wildman–Crippen MR) is 76.2 cm³/mol. The number of amides is 2. The Hall–Kier alpha value is -2.96. The molecule has 0 aliphatic heterocycles. The Balaban J connectivity index is 0.000000612. The molecule has 2 amide bonds. The third-order valence-corrected chi connectivity index (χ3v) is 2.49. The third kappa shape index (κ3) is 3.52. The number of hydrogen-bond acceptors (Lipinski definition) is 4. The van der Waals surface area contributed by atoms with E-state index in [1.807, 2.05) is 6.07 Å². The smallest absolute Gasteiger partial charge is 0.252 e.